The number of aromatic nitrogens is 2. The molecule has 4 rings (SSSR count). The van der Waals surface area contributed by atoms with Crippen molar-refractivity contribution in [1.29, 1.82) is 0 Å². The molecule has 140 valence electrons. The minimum atomic E-state index is -3.15. The summed E-state index contributed by atoms with van der Waals surface area (Å²) in [6, 6.07) is 17.9. The van der Waals surface area contributed by atoms with E-state index in [0.29, 0.717) is 32.0 Å². The van der Waals surface area contributed by atoms with Crippen LogP contribution in [0.1, 0.15) is 6.92 Å². The number of nitrogens with zero attached hydrogens (tertiary/aromatic N) is 4. The Morgan fingerprint density at radius 2 is 1.56 bits per heavy atom. The minimum absolute atomic E-state index is 0.140. The topological polar surface area (TPSA) is 66.4 Å². The predicted molar refractivity (Wildman–Crippen MR) is 108 cm³/mol. The molecule has 3 aromatic rings. The summed E-state index contributed by atoms with van der Waals surface area (Å²) in [5.74, 6) is 1.70. The van der Waals surface area contributed by atoms with Crippen LogP contribution in [-0.4, -0.2) is 54.6 Å². The van der Waals surface area contributed by atoms with Crippen LogP contribution in [-0.2, 0) is 10.0 Å². The number of fused-ring (bicyclic) bond motifs is 1. The van der Waals surface area contributed by atoms with E-state index in [0.717, 1.165) is 22.3 Å². The van der Waals surface area contributed by atoms with Gasteiger partial charge in [-0.15, -0.1) is 0 Å². The third-order valence-electron chi connectivity index (χ3n) is 4.91. The molecule has 1 aromatic heterocycles. The summed E-state index contributed by atoms with van der Waals surface area (Å²) >= 11 is 0. The fourth-order valence-corrected chi connectivity index (χ4v) is 4.46. The van der Waals surface area contributed by atoms with Gasteiger partial charge in [0, 0.05) is 37.1 Å². The van der Waals surface area contributed by atoms with E-state index in [1.54, 1.807) is 11.2 Å². The molecule has 0 bridgehead atoms. The highest BCUT2D eigenvalue weighted by Gasteiger charge is 2.27. The van der Waals surface area contributed by atoms with Crippen LogP contribution in [0, 0.1) is 0 Å². The first-order valence-electron chi connectivity index (χ1n) is 9.13. The van der Waals surface area contributed by atoms with Gasteiger partial charge in [0.1, 0.15) is 5.82 Å². The van der Waals surface area contributed by atoms with E-state index in [1.807, 2.05) is 54.6 Å². The summed E-state index contributed by atoms with van der Waals surface area (Å²) in [5.41, 5.74) is 1.86. The van der Waals surface area contributed by atoms with Gasteiger partial charge >= 0.3 is 0 Å². The lowest BCUT2D eigenvalue weighted by molar-refractivity contribution is 0.385. The number of benzene rings is 2. The maximum atomic E-state index is 12.1. The molecule has 7 heteroatoms. The van der Waals surface area contributed by atoms with Crippen LogP contribution in [0.3, 0.4) is 0 Å². The maximum Gasteiger partial charge on any atom is 0.213 e. The molecular formula is C20H22N4O2S. The number of hydrogen-bond donors (Lipinski definition) is 0. The lowest BCUT2D eigenvalue weighted by Gasteiger charge is -2.35. The Kier molecular flexibility index (Phi) is 4.80. The third kappa shape index (κ3) is 3.52. The third-order valence-corrected chi connectivity index (χ3v) is 6.79. The van der Waals surface area contributed by atoms with E-state index in [9.17, 15) is 8.42 Å². The zero-order valence-electron chi connectivity index (χ0n) is 15.2. The zero-order chi connectivity index (χ0) is 18.9. The van der Waals surface area contributed by atoms with Gasteiger partial charge in [-0.2, -0.15) is 4.31 Å². The Morgan fingerprint density at radius 1 is 0.889 bits per heavy atom. The maximum absolute atomic E-state index is 12.1. The molecule has 0 amide bonds. The van der Waals surface area contributed by atoms with Gasteiger partial charge < -0.3 is 4.90 Å². The van der Waals surface area contributed by atoms with Gasteiger partial charge in [-0.25, -0.2) is 18.4 Å². The van der Waals surface area contributed by atoms with Crippen LogP contribution in [0.15, 0.2) is 54.6 Å². The molecule has 0 atom stereocenters. The molecule has 1 saturated heterocycles. The van der Waals surface area contributed by atoms with Gasteiger partial charge in [-0.05, 0) is 19.1 Å². The zero-order valence-corrected chi connectivity index (χ0v) is 16.1. The highest BCUT2D eigenvalue weighted by Crippen LogP contribution is 2.28. The van der Waals surface area contributed by atoms with Crippen molar-refractivity contribution in [2.75, 3.05) is 36.8 Å². The number of rotatable bonds is 4. The van der Waals surface area contributed by atoms with Crippen molar-refractivity contribution in [3.63, 3.8) is 0 Å². The quantitative estimate of drug-likeness (QED) is 0.694. The van der Waals surface area contributed by atoms with Crippen molar-refractivity contribution in [1.82, 2.24) is 14.3 Å². The molecule has 2 heterocycles. The van der Waals surface area contributed by atoms with E-state index in [1.165, 1.54) is 0 Å². The first kappa shape index (κ1) is 17.9. The molecule has 0 N–H and O–H groups in total. The van der Waals surface area contributed by atoms with E-state index < -0.39 is 10.0 Å². The monoisotopic (exact) mass is 382 g/mol. The number of anilines is 1. The second-order valence-electron chi connectivity index (χ2n) is 6.54. The Hall–Kier alpha value is -2.51. The van der Waals surface area contributed by atoms with Crippen LogP contribution < -0.4 is 4.90 Å². The van der Waals surface area contributed by atoms with Gasteiger partial charge in [0.25, 0.3) is 0 Å². The number of hydrogen-bond acceptors (Lipinski definition) is 5. The number of para-hydroxylation sites is 1. The van der Waals surface area contributed by atoms with Crippen LogP contribution in [0.2, 0.25) is 0 Å². The molecule has 27 heavy (non-hydrogen) atoms. The van der Waals surface area contributed by atoms with Gasteiger partial charge in [0.05, 0.1) is 11.3 Å². The minimum Gasteiger partial charge on any atom is -0.353 e. The van der Waals surface area contributed by atoms with Gasteiger partial charge in [0.2, 0.25) is 10.0 Å². The van der Waals surface area contributed by atoms with Crippen molar-refractivity contribution in [3.05, 3.63) is 54.6 Å². The molecule has 0 radical (unpaired) electrons. The fraction of sp³-hybridized carbons (Fsp3) is 0.300. The average molecular weight is 382 g/mol. The molecule has 2 aromatic carbocycles. The Labute approximate surface area is 159 Å². The van der Waals surface area contributed by atoms with E-state index >= 15 is 0 Å². The Balaban J connectivity index is 1.71. The summed E-state index contributed by atoms with van der Waals surface area (Å²) in [6.07, 6.45) is 0. The van der Waals surface area contributed by atoms with Crippen LogP contribution in [0.25, 0.3) is 22.3 Å². The highest BCUT2D eigenvalue weighted by molar-refractivity contribution is 7.89. The first-order chi connectivity index (χ1) is 13.1. The molecule has 0 saturated carbocycles. The van der Waals surface area contributed by atoms with Crippen molar-refractivity contribution in [2.45, 2.75) is 6.92 Å². The summed E-state index contributed by atoms with van der Waals surface area (Å²) in [7, 11) is -3.15. The van der Waals surface area contributed by atoms with E-state index in [-0.39, 0.29) is 5.75 Å². The van der Waals surface area contributed by atoms with E-state index in [4.69, 9.17) is 9.97 Å². The SMILES string of the molecule is CCS(=O)(=O)N1CCN(c2nc(-c3ccccc3)nc3ccccc23)CC1. The van der Waals surface area contributed by atoms with Gasteiger partial charge in [0.15, 0.2) is 5.82 Å². The molecule has 1 aliphatic heterocycles. The average Bonchev–Trinajstić information content (AvgIpc) is 2.73. The van der Waals surface area contributed by atoms with Crippen LogP contribution in [0.5, 0.6) is 0 Å². The van der Waals surface area contributed by atoms with E-state index in [2.05, 4.69) is 4.90 Å². The molecule has 0 spiro atoms. The predicted octanol–water partition coefficient (Wildman–Crippen LogP) is 2.77. The smallest absolute Gasteiger partial charge is 0.213 e. The molecule has 0 aliphatic carbocycles. The van der Waals surface area contributed by atoms with Crippen LogP contribution >= 0.6 is 0 Å². The normalized spacial score (nSPS) is 16.0. The molecule has 6 nitrogen and oxygen atoms in total. The second-order valence-corrected chi connectivity index (χ2v) is 8.80. The Morgan fingerprint density at radius 3 is 2.26 bits per heavy atom. The van der Waals surface area contributed by atoms with Crippen molar-refractivity contribution >= 4 is 26.7 Å². The number of sulfonamides is 1. The first-order valence-corrected chi connectivity index (χ1v) is 10.7. The fourth-order valence-electron chi connectivity index (χ4n) is 3.38. The summed E-state index contributed by atoms with van der Waals surface area (Å²) < 4.78 is 25.8. The summed E-state index contributed by atoms with van der Waals surface area (Å²) in [6.45, 7) is 3.89. The second kappa shape index (κ2) is 7.25. The molecule has 0 unspecified atom stereocenters. The number of piperazine rings is 1. The standard InChI is InChI=1S/C20H22N4O2S/c1-2-27(25,26)24-14-12-23(13-15-24)20-17-10-6-7-11-18(17)21-19(22-20)16-8-4-3-5-9-16/h3-11H,2,12-15H2,1H3. The van der Waals surface area contributed by atoms with Gasteiger partial charge in [-0.1, -0.05) is 42.5 Å². The molecule has 1 fully saturated rings. The lowest BCUT2D eigenvalue weighted by Crippen LogP contribution is -2.49. The van der Waals surface area contributed by atoms with Gasteiger partial charge in [-0.3, -0.25) is 0 Å². The lowest BCUT2D eigenvalue weighted by atomic mass is 10.1. The van der Waals surface area contributed by atoms with Crippen molar-refractivity contribution in [3.8, 4) is 11.4 Å². The molecule has 1 aliphatic rings. The van der Waals surface area contributed by atoms with Crippen LogP contribution in [0.4, 0.5) is 5.82 Å². The summed E-state index contributed by atoms with van der Waals surface area (Å²) in [4.78, 5) is 11.7. The highest BCUT2D eigenvalue weighted by atomic mass is 32.2. The largest absolute Gasteiger partial charge is 0.353 e. The van der Waals surface area contributed by atoms with Crippen molar-refractivity contribution in [2.24, 2.45) is 0 Å². The Bertz CT molecular complexity index is 1050. The van der Waals surface area contributed by atoms with Crippen molar-refractivity contribution < 1.29 is 8.42 Å². The molecular weight excluding hydrogens is 360 g/mol. The summed E-state index contributed by atoms with van der Waals surface area (Å²) in [5, 5.41) is 0.990.